The number of fused-ring (bicyclic) bond motifs is 2. The van der Waals surface area contributed by atoms with Crippen LogP contribution in [0.2, 0.25) is 0 Å². The average molecular weight is 542 g/mol. The van der Waals surface area contributed by atoms with Gasteiger partial charge in [0.1, 0.15) is 12.2 Å². The molecule has 0 saturated heterocycles. The monoisotopic (exact) mass is 541 g/mol. The number of aromatic nitrogens is 1. The van der Waals surface area contributed by atoms with E-state index in [0.717, 1.165) is 34.0 Å². The number of nitrogens with zero attached hydrogens (tertiary/aromatic N) is 1. The fraction of sp³-hybridized carbons (Fsp3) is 0.500. The molecular formula is C30H43N3O4S. The van der Waals surface area contributed by atoms with Crippen molar-refractivity contribution in [2.75, 3.05) is 13.6 Å². The Morgan fingerprint density at radius 1 is 1.16 bits per heavy atom. The molecule has 3 N–H and O–H groups in total. The van der Waals surface area contributed by atoms with Gasteiger partial charge in [-0.25, -0.2) is 9.78 Å². The molecule has 4 atom stereocenters. The van der Waals surface area contributed by atoms with E-state index in [0.29, 0.717) is 19.3 Å². The summed E-state index contributed by atoms with van der Waals surface area (Å²) >= 11 is 1.54. The number of cyclic esters (lactones) is 2. The predicted octanol–water partition coefficient (Wildman–Crippen LogP) is 5.31. The second-order valence-electron chi connectivity index (χ2n) is 10.1. The van der Waals surface area contributed by atoms with Gasteiger partial charge in [-0.2, -0.15) is 0 Å². The molecule has 0 aliphatic carbocycles. The highest BCUT2D eigenvalue weighted by molar-refractivity contribution is 7.09. The first-order valence-corrected chi connectivity index (χ1v) is 14.0. The number of nitrogens with two attached hydrogens (primary N) is 1. The summed E-state index contributed by atoms with van der Waals surface area (Å²) in [6.45, 7) is 10.7. The number of esters is 2. The molecule has 0 saturated carbocycles. The minimum atomic E-state index is -0.465. The van der Waals surface area contributed by atoms with E-state index in [1.54, 1.807) is 6.08 Å². The van der Waals surface area contributed by atoms with Crippen molar-refractivity contribution >= 4 is 23.3 Å². The first kappa shape index (κ1) is 31.4. The molecule has 8 heteroatoms. The quantitative estimate of drug-likeness (QED) is 0.384. The van der Waals surface area contributed by atoms with Crippen molar-refractivity contribution in [1.29, 1.82) is 0 Å². The summed E-state index contributed by atoms with van der Waals surface area (Å²) in [5.74, 6) is -0.637. The van der Waals surface area contributed by atoms with Crippen LogP contribution >= 0.6 is 11.3 Å². The molecule has 0 unspecified atom stereocenters. The number of allylic oxidation sites excluding steroid dienone is 6. The smallest absolute Gasteiger partial charge is 0.331 e. The second-order valence-corrected chi connectivity index (χ2v) is 11.0. The molecule has 0 fully saturated rings. The maximum absolute atomic E-state index is 12.7. The van der Waals surface area contributed by atoms with E-state index in [1.807, 2.05) is 64.4 Å². The lowest BCUT2D eigenvalue weighted by atomic mass is 9.98. The number of hydrogen-bond acceptors (Lipinski definition) is 8. The number of likely N-dealkylation sites (N-methyl/N-ethyl adjacent to an activating group) is 1. The van der Waals surface area contributed by atoms with Crippen molar-refractivity contribution < 1.29 is 19.1 Å². The van der Waals surface area contributed by atoms with Crippen molar-refractivity contribution in [3.05, 3.63) is 75.3 Å². The largest absolute Gasteiger partial charge is 0.462 e. The van der Waals surface area contributed by atoms with Crippen LogP contribution in [-0.4, -0.2) is 48.8 Å². The van der Waals surface area contributed by atoms with Crippen molar-refractivity contribution in [2.24, 2.45) is 5.73 Å². The van der Waals surface area contributed by atoms with E-state index in [1.165, 1.54) is 17.4 Å². The summed E-state index contributed by atoms with van der Waals surface area (Å²) in [6, 6.07) is -0.312. The lowest BCUT2D eigenvalue weighted by molar-refractivity contribution is -0.148. The van der Waals surface area contributed by atoms with Crippen molar-refractivity contribution in [1.82, 2.24) is 10.3 Å². The fourth-order valence-corrected chi connectivity index (χ4v) is 5.04. The first-order chi connectivity index (χ1) is 18.0. The molecule has 2 rings (SSSR count). The van der Waals surface area contributed by atoms with Crippen LogP contribution < -0.4 is 11.1 Å². The Balaban J connectivity index is 2.30. The third kappa shape index (κ3) is 12.2. The molecule has 0 amide bonds. The zero-order valence-corrected chi connectivity index (χ0v) is 24.3. The van der Waals surface area contributed by atoms with E-state index in [2.05, 4.69) is 18.3 Å². The van der Waals surface area contributed by atoms with E-state index in [4.69, 9.17) is 20.2 Å². The van der Waals surface area contributed by atoms with Gasteiger partial charge in [0.2, 0.25) is 0 Å². The molecule has 1 aromatic heterocycles. The zero-order chi connectivity index (χ0) is 28.1. The highest BCUT2D eigenvalue weighted by atomic mass is 32.1. The summed E-state index contributed by atoms with van der Waals surface area (Å²) in [5.41, 5.74) is 10.3. The minimum Gasteiger partial charge on any atom is -0.462 e. The van der Waals surface area contributed by atoms with Gasteiger partial charge in [0, 0.05) is 42.8 Å². The van der Waals surface area contributed by atoms with E-state index >= 15 is 0 Å². The van der Waals surface area contributed by atoms with Crippen LogP contribution in [0.1, 0.15) is 70.5 Å². The minimum absolute atomic E-state index is 0.0870. The lowest BCUT2D eigenvalue weighted by Crippen LogP contribution is -2.28. The van der Waals surface area contributed by atoms with Gasteiger partial charge in [-0.1, -0.05) is 54.0 Å². The third-order valence-corrected chi connectivity index (χ3v) is 6.93. The normalized spacial score (nSPS) is 27.5. The van der Waals surface area contributed by atoms with Crippen molar-refractivity contribution in [2.45, 2.75) is 84.5 Å². The van der Waals surface area contributed by atoms with Crippen molar-refractivity contribution in [3.63, 3.8) is 0 Å². The van der Waals surface area contributed by atoms with Crippen LogP contribution in [0, 0.1) is 0 Å². The Labute approximate surface area is 231 Å². The third-order valence-electron chi connectivity index (χ3n) is 6.04. The lowest BCUT2D eigenvalue weighted by Gasteiger charge is -2.18. The maximum Gasteiger partial charge on any atom is 0.331 e. The predicted molar refractivity (Wildman–Crippen MR) is 155 cm³/mol. The number of nitrogens with one attached hydrogen (secondary N) is 1. The van der Waals surface area contributed by atoms with Crippen LogP contribution in [0.25, 0.3) is 0 Å². The Hall–Kier alpha value is -2.81. The molecule has 7 nitrogen and oxygen atoms in total. The Morgan fingerprint density at radius 3 is 2.63 bits per heavy atom. The van der Waals surface area contributed by atoms with Crippen LogP contribution in [0.3, 0.4) is 0 Å². The molecule has 1 aliphatic heterocycles. The van der Waals surface area contributed by atoms with Crippen LogP contribution in [0.5, 0.6) is 0 Å². The summed E-state index contributed by atoms with van der Waals surface area (Å²) in [7, 11) is 1.91. The van der Waals surface area contributed by atoms with Crippen molar-refractivity contribution in [3.8, 4) is 0 Å². The van der Waals surface area contributed by atoms with Gasteiger partial charge in [0.05, 0.1) is 17.1 Å². The fourth-order valence-electron chi connectivity index (χ4n) is 4.08. The van der Waals surface area contributed by atoms with Gasteiger partial charge in [0.15, 0.2) is 0 Å². The van der Waals surface area contributed by atoms with Gasteiger partial charge in [-0.05, 0) is 47.2 Å². The molecule has 2 bridgehead atoms. The molecular weight excluding hydrogens is 498 g/mol. The summed E-state index contributed by atoms with van der Waals surface area (Å²) in [5, 5.41) is 6.00. The average Bonchev–Trinajstić information content (AvgIpc) is 3.29. The first-order valence-electron chi connectivity index (χ1n) is 13.2. The van der Waals surface area contributed by atoms with Crippen LogP contribution in [-0.2, 0) is 25.5 Å². The Bertz CT molecular complexity index is 1080. The van der Waals surface area contributed by atoms with E-state index in [-0.39, 0.29) is 30.5 Å². The Kier molecular flexibility index (Phi) is 13.4. The maximum atomic E-state index is 12.7. The molecule has 38 heavy (non-hydrogen) atoms. The summed E-state index contributed by atoms with van der Waals surface area (Å²) in [4.78, 5) is 29.8. The highest BCUT2D eigenvalue weighted by Crippen LogP contribution is 2.25. The molecule has 1 aromatic rings. The van der Waals surface area contributed by atoms with Crippen LogP contribution in [0.4, 0.5) is 0 Å². The SMILES string of the molecule is CNC/C=C(C)/C=C/C(C)=C/[C@@H]1Cc2nc(cs2)[C@@H](C)C[C@@H](N)CC(=O)O[C@@H](C)C/C(C)=C/C=C\C(=O)O1. The topological polar surface area (TPSA) is 104 Å². The van der Waals surface area contributed by atoms with Gasteiger partial charge >= 0.3 is 11.9 Å². The molecule has 1 aliphatic rings. The number of ether oxygens (including phenoxy) is 2. The molecule has 208 valence electrons. The molecule has 0 aromatic carbocycles. The standard InChI is InChI=1S/C30H43N3O4S/c1-20(12-13-32-6)10-11-22(3)15-26-18-28-33-27(19-38-28)23(4)16-25(31)17-30(35)36-24(5)14-21(2)8-7-9-29(34)37-26/h7-12,15,19,23-26,32H,13-14,16-18,31H2,1-6H3/b9-7-,11-10+,20-12+,21-8+,22-15+/t23-,24-,25+,26+/m0/s1. The zero-order valence-electron chi connectivity index (χ0n) is 23.5. The van der Waals surface area contributed by atoms with Gasteiger partial charge in [-0.3, -0.25) is 4.79 Å². The number of carbonyl (C=O) groups excluding carboxylic acids is 2. The number of carbonyl (C=O) groups is 2. The number of thiazole rings is 1. The van der Waals surface area contributed by atoms with Gasteiger partial charge < -0.3 is 20.5 Å². The van der Waals surface area contributed by atoms with E-state index < -0.39 is 12.1 Å². The highest BCUT2D eigenvalue weighted by Gasteiger charge is 2.20. The van der Waals surface area contributed by atoms with E-state index in [9.17, 15) is 9.59 Å². The van der Waals surface area contributed by atoms with Gasteiger partial charge in [-0.15, -0.1) is 11.3 Å². The number of rotatable bonds is 5. The molecule has 0 spiro atoms. The molecule has 2 heterocycles. The summed E-state index contributed by atoms with van der Waals surface area (Å²) in [6.07, 6.45) is 14.1. The second kappa shape index (κ2) is 16.2. The van der Waals surface area contributed by atoms with Crippen LogP contribution in [0.15, 0.2) is 64.6 Å². The number of hydrogen-bond donors (Lipinski definition) is 2. The Morgan fingerprint density at radius 2 is 1.89 bits per heavy atom. The van der Waals surface area contributed by atoms with Gasteiger partial charge in [0.25, 0.3) is 0 Å². The summed E-state index contributed by atoms with van der Waals surface area (Å²) < 4.78 is 11.4. The molecule has 0 radical (unpaired) electrons.